The van der Waals surface area contributed by atoms with E-state index < -0.39 is 18.2 Å². The molecule has 0 aromatic rings. The highest BCUT2D eigenvalue weighted by Crippen LogP contribution is 2.68. The predicted molar refractivity (Wildman–Crippen MR) is 107 cm³/mol. The molecule has 0 amide bonds. The molecule has 166 valence electrons. The van der Waals surface area contributed by atoms with Crippen LogP contribution in [0.4, 0.5) is 0 Å². The van der Waals surface area contributed by atoms with Gasteiger partial charge in [-0.25, -0.2) is 0 Å². The number of aliphatic hydroxyl groups excluding tert-OH is 3. The van der Waals surface area contributed by atoms with Crippen molar-refractivity contribution >= 4 is 5.97 Å². The van der Waals surface area contributed by atoms with Crippen LogP contribution < -0.4 is 5.11 Å². The molecule has 0 aliphatic heterocycles. The summed E-state index contributed by atoms with van der Waals surface area (Å²) in [5.74, 6) is 0.697. The fraction of sp³-hybridized carbons (Fsp3) is 0.958. The summed E-state index contributed by atoms with van der Waals surface area (Å²) in [6.07, 6.45) is 5.59. The van der Waals surface area contributed by atoms with Gasteiger partial charge in [0.25, 0.3) is 0 Å². The largest absolute Gasteiger partial charge is 0.550 e. The third-order valence-corrected chi connectivity index (χ3v) is 10.3. The van der Waals surface area contributed by atoms with Crippen molar-refractivity contribution in [1.82, 2.24) is 0 Å². The first-order chi connectivity index (χ1) is 13.6. The number of aliphatic hydroxyl groups is 3. The summed E-state index contributed by atoms with van der Waals surface area (Å²) in [6.45, 7) is 6.84. The summed E-state index contributed by atoms with van der Waals surface area (Å²) in [7, 11) is 0. The number of hydrogen-bond acceptors (Lipinski definition) is 5. The van der Waals surface area contributed by atoms with Crippen molar-refractivity contribution in [3.8, 4) is 0 Å². The SMILES string of the molecule is C[C@H](CCC(=O)[O-])[C@H]1CC[C@H]2[C@@H]3[C@H](O)[C@H](O)[C@@H]4C[C@H](O)CC[C@]4(C)[C@H]3CC[C@]12C. The Morgan fingerprint density at radius 1 is 0.966 bits per heavy atom. The van der Waals surface area contributed by atoms with Crippen molar-refractivity contribution in [1.29, 1.82) is 0 Å². The molecule has 5 nitrogen and oxygen atoms in total. The maximum Gasteiger partial charge on any atom is 0.0836 e. The van der Waals surface area contributed by atoms with E-state index in [1.54, 1.807) is 0 Å². The number of hydrogen-bond donors (Lipinski definition) is 3. The Labute approximate surface area is 174 Å². The van der Waals surface area contributed by atoms with Crippen LogP contribution in [-0.2, 0) is 4.79 Å². The molecule has 4 aliphatic rings. The summed E-state index contributed by atoms with van der Waals surface area (Å²) < 4.78 is 0. The lowest BCUT2D eigenvalue weighted by atomic mass is 9.43. The van der Waals surface area contributed by atoms with E-state index in [-0.39, 0.29) is 35.2 Å². The molecule has 0 heterocycles. The molecule has 4 fully saturated rings. The van der Waals surface area contributed by atoms with Gasteiger partial charge in [-0.15, -0.1) is 0 Å². The van der Waals surface area contributed by atoms with Crippen molar-refractivity contribution in [3.05, 3.63) is 0 Å². The van der Waals surface area contributed by atoms with Crippen LogP contribution in [0.5, 0.6) is 0 Å². The first-order valence-corrected chi connectivity index (χ1v) is 11.8. The van der Waals surface area contributed by atoms with Gasteiger partial charge in [-0.2, -0.15) is 0 Å². The number of aliphatic carboxylic acids is 1. The first-order valence-electron chi connectivity index (χ1n) is 11.8. The Balaban J connectivity index is 1.59. The van der Waals surface area contributed by atoms with Crippen molar-refractivity contribution in [3.63, 3.8) is 0 Å². The molecule has 3 N–H and O–H groups in total. The molecule has 4 saturated carbocycles. The minimum Gasteiger partial charge on any atom is -0.550 e. The zero-order valence-corrected chi connectivity index (χ0v) is 18.2. The maximum atomic E-state index is 11.3. The first kappa shape index (κ1) is 21.6. The van der Waals surface area contributed by atoms with Gasteiger partial charge >= 0.3 is 0 Å². The molecule has 4 rings (SSSR count). The second-order valence-corrected chi connectivity index (χ2v) is 11.4. The van der Waals surface area contributed by atoms with E-state index in [4.69, 9.17) is 0 Å². The lowest BCUT2D eigenvalue weighted by Crippen LogP contribution is -2.64. The quantitative estimate of drug-likeness (QED) is 0.663. The van der Waals surface area contributed by atoms with Gasteiger partial charge < -0.3 is 25.2 Å². The molecule has 0 aromatic carbocycles. The molecule has 0 radical (unpaired) electrons. The van der Waals surface area contributed by atoms with E-state index in [1.807, 2.05) is 0 Å². The van der Waals surface area contributed by atoms with Gasteiger partial charge in [0.2, 0.25) is 0 Å². The average molecular weight is 408 g/mol. The summed E-state index contributed by atoms with van der Waals surface area (Å²) >= 11 is 0. The van der Waals surface area contributed by atoms with Gasteiger partial charge in [-0.3, -0.25) is 0 Å². The smallest absolute Gasteiger partial charge is 0.0836 e. The van der Waals surface area contributed by atoms with E-state index in [1.165, 1.54) is 0 Å². The highest BCUT2D eigenvalue weighted by atomic mass is 16.4. The number of carbonyl (C=O) groups is 1. The predicted octanol–water partition coefficient (Wildman–Crippen LogP) is 2.11. The Bertz CT molecular complexity index is 637. The fourth-order valence-electron chi connectivity index (χ4n) is 8.76. The van der Waals surface area contributed by atoms with Gasteiger partial charge in [-0.05, 0) is 104 Å². The fourth-order valence-corrected chi connectivity index (χ4v) is 8.76. The van der Waals surface area contributed by atoms with Gasteiger partial charge in [-0.1, -0.05) is 20.8 Å². The molecular formula is C24H39O5-. The molecule has 0 bridgehead atoms. The van der Waals surface area contributed by atoms with Gasteiger partial charge in [0.05, 0.1) is 18.3 Å². The molecule has 29 heavy (non-hydrogen) atoms. The summed E-state index contributed by atoms with van der Waals surface area (Å²) in [5, 5.41) is 43.5. The highest BCUT2D eigenvalue weighted by molar-refractivity contribution is 5.64. The minimum absolute atomic E-state index is 0.0114. The standard InChI is InChI=1S/C24H40O5/c1-13(4-7-19(26)27)15-5-6-16-20-17(9-11-23(15,16)2)24(3)10-8-14(25)12-18(24)21(28)22(20)29/h13-18,20-22,25,28-29H,4-12H2,1-3H3,(H,26,27)/p-1/t13-,14-,15-,16+,17+,18+,20+,21-,22+,23-,24-/m1/s1. The zero-order valence-electron chi connectivity index (χ0n) is 18.2. The zero-order chi connectivity index (χ0) is 21.1. The van der Waals surface area contributed by atoms with Crippen LogP contribution >= 0.6 is 0 Å². The number of fused-ring (bicyclic) bond motifs is 5. The molecule has 11 atom stereocenters. The maximum absolute atomic E-state index is 11.3. The number of carboxylic acid groups (broad SMARTS) is 1. The topological polar surface area (TPSA) is 101 Å². The third-order valence-electron chi connectivity index (χ3n) is 10.3. The minimum atomic E-state index is -0.968. The van der Waals surface area contributed by atoms with E-state index in [2.05, 4.69) is 20.8 Å². The second kappa shape index (κ2) is 7.49. The Hall–Kier alpha value is -0.650. The van der Waals surface area contributed by atoms with Gasteiger partial charge in [0, 0.05) is 5.97 Å². The van der Waals surface area contributed by atoms with Crippen molar-refractivity contribution < 1.29 is 25.2 Å². The summed E-state index contributed by atoms with van der Waals surface area (Å²) in [5.41, 5.74) is 0.0904. The van der Waals surface area contributed by atoms with Crippen LogP contribution in [0.1, 0.15) is 78.6 Å². The van der Waals surface area contributed by atoms with Crippen molar-refractivity contribution in [2.24, 2.45) is 46.3 Å². The monoisotopic (exact) mass is 407 g/mol. The highest BCUT2D eigenvalue weighted by Gasteiger charge is 2.65. The Morgan fingerprint density at radius 2 is 1.62 bits per heavy atom. The average Bonchev–Trinajstić information content (AvgIpc) is 3.02. The van der Waals surface area contributed by atoms with Crippen LogP contribution in [0, 0.1) is 46.3 Å². The molecule has 5 heteroatoms. The van der Waals surface area contributed by atoms with Gasteiger partial charge in [0.15, 0.2) is 0 Å². The molecule has 0 aromatic heterocycles. The Morgan fingerprint density at radius 3 is 2.31 bits per heavy atom. The van der Waals surface area contributed by atoms with Crippen molar-refractivity contribution in [2.45, 2.75) is 96.9 Å². The van der Waals surface area contributed by atoms with Crippen LogP contribution in [0.2, 0.25) is 0 Å². The van der Waals surface area contributed by atoms with Crippen LogP contribution in [0.15, 0.2) is 0 Å². The molecular weight excluding hydrogens is 368 g/mol. The Kier molecular flexibility index (Phi) is 5.57. The molecule has 4 aliphatic carbocycles. The summed E-state index contributed by atoms with van der Waals surface area (Å²) in [6, 6.07) is 0. The lowest BCUT2D eigenvalue weighted by molar-refractivity contribution is -0.306. The summed E-state index contributed by atoms with van der Waals surface area (Å²) in [4.78, 5) is 11.0. The van der Waals surface area contributed by atoms with Crippen LogP contribution in [0.25, 0.3) is 0 Å². The normalized spacial score (nSPS) is 52.9. The van der Waals surface area contributed by atoms with Crippen molar-refractivity contribution in [2.75, 3.05) is 0 Å². The van der Waals surface area contributed by atoms with Crippen LogP contribution in [-0.4, -0.2) is 39.6 Å². The van der Waals surface area contributed by atoms with Gasteiger partial charge in [0.1, 0.15) is 0 Å². The number of carbonyl (C=O) groups excluding carboxylic acids is 1. The third kappa shape index (κ3) is 3.27. The van der Waals surface area contributed by atoms with Crippen LogP contribution in [0.3, 0.4) is 0 Å². The number of rotatable bonds is 4. The van der Waals surface area contributed by atoms with E-state index >= 15 is 0 Å². The molecule has 0 spiro atoms. The lowest BCUT2D eigenvalue weighted by Gasteiger charge is -2.63. The van der Waals surface area contributed by atoms with E-state index in [0.717, 1.165) is 38.5 Å². The second-order valence-electron chi connectivity index (χ2n) is 11.4. The number of carboxylic acids is 1. The van der Waals surface area contributed by atoms with E-state index in [9.17, 15) is 25.2 Å². The van der Waals surface area contributed by atoms with E-state index in [0.29, 0.717) is 36.5 Å². The molecule has 0 unspecified atom stereocenters. The molecule has 0 saturated heterocycles.